The van der Waals surface area contributed by atoms with Crippen LogP contribution in [0.15, 0.2) is 35.5 Å². The number of aromatic nitrogens is 1. The van der Waals surface area contributed by atoms with Crippen molar-refractivity contribution >= 4 is 14.5 Å². The Morgan fingerprint density at radius 1 is 1.03 bits per heavy atom. The molecule has 1 heterocycles. The van der Waals surface area contributed by atoms with Crippen LogP contribution in [-0.4, -0.2) is 33.7 Å². The molecule has 0 aliphatic rings. The molecule has 164 valence electrons. The fraction of sp³-hybridized carbons (Fsp3) is 0.478. The van der Waals surface area contributed by atoms with E-state index in [1.165, 1.54) is 0 Å². The number of ether oxygens (including phenoxy) is 2. The Morgan fingerprint density at radius 2 is 1.67 bits per heavy atom. The summed E-state index contributed by atoms with van der Waals surface area (Å²) in [5, 5.41) is 4.25. The zero-order valence-corrected chi connectivity index (χ0v) is 20.4. The highest BCUT2D eigenvalue weighted by molar-refractivity contribution is 6.74. The fourth-order valence-corrected chi connectivity index (χ4v) is 3.58. The van der Waals surface area contributed by atoms with Crippen molar-refractivity contribution in [2.24, 2.45) is 5.16 Å². The molecule has 0 bridgehead atoms. The number of hydrogen-bond donors (Lipinski definition) is 0. The molecule has 0 aliphatic carbocycles. The van der Waals surface area contributed by atoms with Crippen LogP contribution in [-0.2, 0) is 22.5 Å². The number of methoxy groups -OCH3 is 2. The van der Waals surface area contributed by atoms with Crippen LogP contribution >= 0.6 is 0 Å². The van der Waals surface area contributed by atoms with E-state index in [0.717, 1.165) is 22.5 Å². The quantitative estimate of drug-likeness (QED) is 0.299. The molecule has 1 aromatic heterocycles. The number of aryl methyl sites for hydroxylation is 1. The van der Waals surface area contributed by atoms with Gasteiger partial charge in [0.1, 0.15) is 18.1 Å². The van der Waals surface area contributed by atoms with Crippen molar-refractivity contribution in [1.29, 1.82) is 0 Å². The lowest BCUT2D eigenvalue weighted by Crippen LogP contribution is -2.40. The third-order valence-corrected chi connectivity index (χ3v) is 9.91. The summed E-state index contributed by atoms with van der Waals surface area (Å²) in [7, 11) is 1.40. The SMILES string of the molecule is COc1cccc(OC)c1CON=Cc1cc(C)cc(CO[Si](C)(C)C(C)(C)C)n1. The van der Waals surface area contributed by atoms with Crippen LogP contribution in [0.1, 0.15) is 43.3 Å². The number of oxime groups is 1. The summed E-state index contributed by atoms with van der Waals surface area (Å²) < 4.78 is 17.1. The van der Waals surface area contributed by atoms with Gasteiger partial charge in [0.2, 0.25) is 0 Å². The molecule has 0 spiro atoms. The second kappa shape index (κ2) is 10.1. The lowest BCUT2D eigenvalue weighted by atomic mass is 10.2. The average Bonchev–Trinajstić information content (AvgIpc) is 2.68. The zero-order chi connectivity index (χ0) is 22.4. The lowest BCUT2D eigenvalue weighted by molar-refractivity contribution is 0.127. The normalized spacial score (nSPS) is 12.3. The zero-order valence-electron chi connectivity index (χ0n) is 19.4. The van der Waals surface area contributed by atoms with Crippen molar-refractivity contribution in [3.8, 4) is 11.5 Å². The van der Waals surface area contributed by atoms with E-state index in [9.17, 15) is 0 Å². The lowest BCUT2D eigenvalue weighted by Gasteiger charge is -2.36. The maximum Gasteiger partial charge on any atom is 0.192 e. The first-order valence-electron chi connectivity index (χ1n) is 10.0. The van der Waals surface area contributed by atoms with E-state index < -0.39 is 8.32 Å². The van der Waals surface area contributed by atoms with Crippen LogP contribution in [0.2, 0.25) is 18.1 Å². The Balaban J connectivity index is 2.05. The van der Waals surface area contributed by atoms with Crippen molar-refractivity contribution in [2.75, 3.05) is 14.2 Å². The molecular weight excluding hydrogens is 396 g/mol. The van der Waals surface area contributed by atoms with Crippen molar-refractivity contribution < 1.29 is 18.7 Å². The molecule has 0 amide bonds. The van der Waals surface area contributed by atoms with Crippen LogP contribution in [0.4, 0.5) is 0 Å². The molecule has 1 aromatic carbocycles. The molecular formula is C23H34N2O4Si. The maximum atomic E-state index is 6.30. The molecule has 0 unspecified atom stereocenters. The minimum absolute atomic E-state index is 0.161. The van der Waals surface area contributed by atoms with Crippen molar-refractivity contribution in [3.63, 3.8) is 0 Å². The highest BCUT2D eigenvalue weighted by Crippen LogP contribution is 2.37. The van der Waals surface area contributed by atoms with E-state index >= 15 is 0 Å². The van der Waals surface area contributed by atoms with E-state index in [1.807, 2.05) is 37.3 Å². The van der Waals surface area contributed by atoms with E-state index in [0.29, 0.717) is 18.1 Å². The van der Waals surface area contributed by atoms with Crippen LogP contribution in [0.5, 0.6) is 11.5 Å². The van der Waals surface area contributed by atoms with Crippen LogP contribution < -0.4 is 9.47 Å². The van der Waals surface area contributed by atoms with Crippen LogP contribution in [0.25, 0.3) is 0 Å². The smallest absolute Gasteiger partial charge is 0.192 e. The van der Waals surface area contributed by atoms with E-state index in [-0.39, 0.29) is 11.6 Å². The largest absolute Gasteiger partial charge is 0.496 e. The second-order valence-electron chi connectivity index (χ2n) is 8.76. The fourth-order valence-electron chi connectivity index (χ4n) is 2.64. The molecule has 6 nitrogen and oxygen atoms in total. The summed E-state index contributed by atoms with van der Waals surface area (Å²) >= 11 is 0. The van der Waals surface area contributed by atoms with Gasteiger partial charge in [-0.3, -0.25) is 0 Å². The van der Waals surface area contributed by atoms with Gasteiger partial charge in [-0.15, -0.1) is 0 Å². The van der Waals surface area contributed by atoms with Gasteiger partial charge >= 0.3 is 0 Å². The van der Waals surface area contributed by atoms with Crippen LogP contribution in [0.3, 0.4) is 0 Å². The minimum atomic E-state index is -1.83. The van der Waals surface area contributed by atoms with E-state index in [4.69, 9.17) is 18.7 Å². The third-order valence-electron chi connectivity index (χ3n) is 5.43. The van der Waals surface area contributed by atoms with Gasteiger partial charge in [-0.2, -0.15) is 0 Å². The molecule has 0 atom stereocenters. The van der Waals surface area contributed by atoms with Gasteiger partial charge in [0, 0.05) is 0 Å². The average molecular weight is 431 g/mol. The van der Waals surface area contributed by atoms with Crippen molar-refractivity contribution in [3.05, 3.63) is 52.8 Å². The van der Waals surface area contributed by atoms with Gasteiger partial charge in [-0.1, -0.05) is 32.0 Å². The monoisotopic (exact) mass is 430 g/mol. The Kier molecular flexibility index (Phi) is 8.03. The summed E-state index contributed by atoms with van der Waals surface area (Å²) in [4.78, 5) is 10.1. The Hall–Kier alpha value is -2.38. The highest BCUT2D eigenvalue weighted by Gasteiger charge is 2.37. The molecule has 0 N–H and O–H groups in total. The predicted molar refractivity (Wildman–Crippen MR) is 123 cm³/mol. The number of pyridine rings is 1. The molecule has 2 aromatic rings. The molecule has 0 fully saturated rings. The first kappa shape index (κ1) is 23.9. The number of hydrogen-bond acceptors (Lipinski definition) is 6. The number of nitrogens with zero attached hydrogens (tertiary/aromatic N) is 2. The Morgan fingerprint density at radius 3 is 2.23 bits per heavy atom. The Labute approximate surface area is 181 Å². The molecule has 0 saturated heterocycles. The summed E-state index contributed by atoms with van der Waals surface area (Å²) in [5.74, 6) is 1.39. The Bertz CT molecular complexity index is 854. The van der Waals surface area contributed by atoms with Gasteiger partial charge < -0.3 is 18.7 Å². The highest BCUT2D eigenvalue weighted by atomic mass is 28.4. The van der Waals surface area contributed by atoms with Gasteiger partial charge in [0.15, 0.2) is 8.32 Å². The van der Waals surface area contributed by atoms with Crippen molar-refractivity contribution in [2.45, 2.75) is 59.0 Å². The van der Waals surface area contributed by atoms with E-state index in [1.54, 1.807) is 20.4 Å². The van der Waals surface area contributed by atoms with Gasteiger partial charge in [-0.25, -0.2) is 4.98 Å². The summed E-state index contributed by atoms with van der Waals surface area (Å²) in [5.41, 5.74) is 3.54. The third kappa shape index (κ3) is 6.31. The first-order valence-corrected chi connectivity index (χ1v) is 12.9. The minimum Gasteiger partial charge on any atom is -0.496 e. The summed E-state index contributed by atoms with van der Waals surface area (Å²) in [6, 6.07) is 9.61. The molecule has 2 rings (SSSR count). The maximum absolute atomic E-state index is 6.30. The molecule has 0 saturated carbocycles. The topological polar surface area (TPSA) is 62.2 Å². The second-order valence-corrected chi connectivity index (χ2v) is 13.6. The standard InChI is InChI=1S/C23H34N2O4Si/c1-17-12-18(25-19(13-17)15-29-30(7,8)23(2,3)4)14-24-28-16-20-21(26-5)10-9-11-22(20)27-6/h9-14H,15-16H2,1-8H3. The van der Waals surface area contributed by atoms with E-state index in [2.05, 4.69) is 44.0 Å². The molecule has 0 radical (unpaired) electrons. The number of benzene rings is 1. The van der Waals surface area contributed by atoms with Gasteiger partial charge in [0.25, 0.3) is 0 Å². The van der Waals surface area contributed by atoms with Crippen molar-refractivity contribution in [1.82, 2.24) is 4.98 Å². The van der Waals surface area contributed by atoms with Gasteiger partial charge in [0.05, 0.1) is 44.0 Å². The molecule has 0 aliphatic heterocycles. The van der Waals surface area contributed by atoms with Gasteiger partial charge in [-0.05, 0) is 54.9 Å². The summed E-state index contributed by atoms with van der Waals surface area (Å²) in [6.45, 7) is 13.9. The first-order chi connectivity index (χ1) is 14.1. The predicted octanol–water partition coefficient (Wildman–Crippen LogP) is 5.48. The summed E-state index contributed by atoms with van der Waals surface area (Å²) in [6.07, 6.45) is 1.62. The molecule has 30 heavy (non-hydrogen) atoms. The number of rotatable bonds is 9. The molecule has 7 heteroatoms. The van der Waals surface area contributed by atoms with Crippen LogP contribution in [0, 0.1) is 6.92 Å².